The maximum Gasteiger partial charge on any atom is 0.281 e. The van der Waals surface area contributed by atoms with Gasteiger partial charge in [0.05, 0.1) is 13.0 Å². The van der Waals surface area contributed by atoms with Gasteiger partial charge >= 0.3 is 0 Å². The van der Waals surface area contributed by atoms with E-state index >= 15 is 0 Å². The molecule has 0 bridgehead atoms. The monoisotopic (exact) mass is 395 g/mol. The summed E-state index contributed by atoms with van der Waals surface area (Å²) in [4.78, 5) is 12.6. The molecule has 0 radical (unpaired) electrons. The third kappa shape index (κ3) is 4.80. The van der Waals surface area contributed by atoms with Gasteiger partial charge < -0.3 is 10.1 Å². The first kappa shape index (κ1) is 20.1. The van der Waals surface area contributed by atoms with Crippen molar-refractivity contribution in [2.75, 3.05) is 33.3 Å². The molecule has 27 heavy (non-hydrogen) atoms. The first-order chi connectivity index (χ1) is 13.0. The average Bonchev–Trinajstić information content (AvgIpc) is 2.73. The Hall–Kier alpha value is -1.64. The molecule has 0 unspecified atom stereocenters. The lowest BCUT2D eigenvalue weighted by molar-refractivity contribution is -0.126. The molecule has 3 rings (SSSR count). The Balaban J connectivity index is 1.59. The predicted octanol–water partition coefficient (Wildman–Crippen LogP) is 1.75. The lowest BCUT2D eigenvalue weighted by Gasteiger charge is -2.36. The summed E-state index contributed by atoms with van der Waals surface area (Å²) in [6, 6.07) is 7.55. The van der Waals surface area contributed by atoms with Gasteiger partial charge in [0.1, 0.15) is 5.75 Å². The third-order valence-electron chi connectivity index (χ3n) is 5.37. The lowest BCUT2D eigenvalue weighted by atomic mass is 9.98. The maximum absolute atomic E-state index is 12.9. The van der Waals surface area contributed by atoms with Crippen LogP contribution in [0.25, 0.3) is 0 Å². The minimum atomic E-state index is -3.46. The van der Waals surface area contributed by atoms with E-state index in [9.17, 15) is 13.2 Å². The van der Waals surface area contributed by atoms with Crippen LogP contribution in [0.5, 0.6) is 5.75 Å². The highest BCUT2D eigenvalue weighted by atomic mass is 32.2. The van der Waals surface area contributed by atoms with Crippen LogP contribution in [0.15, 0.2) is 24.3 Å². The number of para-hydroxylation sites is 1. The fraction of sp³-hybridized carbons (Fsp3) is 0.632. The van der Waals surface area contributed by atoms with Crippen LogP contribution >= 0.6 is 0 Å². The standard InChI is InChI=1S/C19H29N3O4S/c1-26-18-10-4-3-8-16(18)14-20-19(23)17-9-7-13-22(15-17)27(24,25)21-11-5-2-6-12-21/h3-4,8,10,17H,2,5-7,9,11-15H2,1H3,(H,20,23)/t17-/m1/s1. The van der Waals surface area contributed by atoms with Crippen LogP contribution in [0.1, 0.15) is 37.7 Å². The first-order valence-electron chi connectivity index (χ1n) is 9.67. The second-order valence-electron chi connectivity index (χ2n) is 7.19. The molecule has 2 saturated heterocycles. The van der Waals surface area contributed by atoms with Crippen molar-refractivity contribution in [3.63, 3.8) is 0 Å². The van der Waals surface area contributed by atoms with Gasteiger partial charge in [0.25, 0.3) is 10.2 Å². The molecule has 0 aromatic heterocycles. The van der Waals surface area contributed by atoms with Crippen molar-refractivity contribution in [3.8, 4) is 5.75 Å². The fourth-order valence-electron chi connectivity index (χ4n) is 3.80. The van der Waals surface area contributed by atoms with E-state index in [2.05, 4.69) is 5.32 Å². The number of nitrogens with zero attached hydrogens (tertiary/aromatic N) is 2. The van der Waals surface area contributed by atoms with Crippen LogP contribution in [0.2, 0.25) is 0 Å². The van der Waals surface area contributed by atoms with E-state index in [0.29, 0.717) is 39.0 Å². The van der Waals surface area contributed by atoms with Crippen molar-refractivity contribution in [2.45, 2.75) is 38.6 Å². The molecule has 1 aromatic rings. The van der Waals surface area contributed by atoms with E-state index in [4.69, 9.17) is 4.74 Å². The topological polar surface area (TPSA) is 79.0 Å². The van der Waals surface area contributed by atoms with Gasteiger partial charge in [-0.2, -0.15) is 17.0 Å². The lowest BCUT2D eigenvalue weighted by Crippen LogP contribution is -2.51. The summed E-state index contributed by atoms with van der Waals surface area (Å²) in [5.41, 5.74) is 0.905. The minimum absolute atomic E-state index is 0.0977. The molecule has 1 N–H and O–H groups in total. The zero-order valence-corrected chi connectivity index (χ0v) is 16.7. The van der Waals surface area contributed by atoms with Gasteiger partial charge in [0.2, 0.25) is 5.91 Å². The van der Waals surface area contributed by atoms with E-state index in [1.807, 2.05) is 24.3 Å². The second-order valence-corrected chi connectivity index (χ2v) is 9.12. The molecule has 0 saturated carbocycles. The fourth-order valence-corrected chi connectivity index (χ4v) is 5.57. The highest BCUT2D eigenvalue weighted by Gasteiger charge is 2.36. The maximum atomic E-state index is 12.9. The highest BCUT2D eigenvalue weighted by Crippen LogP contribution is 2.24. The van der Waals surface area contributed by atoms with Crippen LogP contribution in [-0.2, 0) is 21.5 Å². The minimum Gasteiger partial charge on any atom is -0.496 e. The van der Waals surface area contributed by atoms with Crippen molar-refractivity contribution in [1.82, 2.24) is 13.9 Å². The summed E-state index contributed by atoms with van der Waals surface area (Å²) in [6.07, 6.45) is 4.33. The van der Waals surface area contributed by atoms with Crippen molar-refractivity contribution in [3.05, 3.63) is 29.8 Å². The Morgan fingerprint density at radius 1 is 1.11 bits per heavy atom. The summed E-state index contributed by atoms with van der Waals surface area (Å²) in [7, 11) is -1.86. The quantitative estimate of drug-likeness (QED) is 0.796. The molecule has 2 fully saturated rings. The Morgan fingerprint density at radius 3 is 2.56 bits per heavy atom. The van der Waals surface area contributed by atoms with E-state index in [1.54, 1.807) is 11.4 Å². The molecule has 8 heteroatoms. The number of amides is 1. The highest BCUT2D eigenvalue weighted by molar-refractivity contribution is 7.86. The molecule has 1 atom stereocenters. The Labute approximate surface area is 161 Å². The molecular formula is C19H29N3O4S. The van der Waals surface area contributed by atoms with E-state index in [-0.39, 0.29) is 18.4 Å². The Bertz CT molecular complexity index is 747. The van der Waals surface area contributed by atoms with Crippen LogP contribution in [-0.4, -0.2) is 56.2 Å². The number of carbonyl (C=O) groups excluding carboxylic acids is 1. The van der Waals surface area contributed by atoms with E-state index in [0.717, 1.165) is 30.6 Å². The third-order valence-corrected chi connectivity index (χ3v) is 7.37. The first-order valence-corrected chi connectivity index (χ1v) is 11.1. The zero-order chi connectivity index (χ0) is 19.3. The van der Waals surface area contributed by atoms with Crippen LogP contribution in [0.4, 0.5) is 0 Å². The molecule has 2 heterocycles. The number of benzene rings is 1. The second kappa shape index (κ2) is 9.03. The molecule has 0 spiro atoms. The zero-order valence-electron chi connectivity index (χ0n) is 15.9. The largest absolute Gasteiger partial charge is 0.496 e. The predicted molar refractivity (Wildman–Crippen MR) is 103 cm³/mol. The Kier molecular flexibility index (Phi) is 6.73. The van der Waals surface area contributed by atoms with Gasteiger partial charge in [-0.05, 0) is 31.7 Å². The SMILES string of the molecule is COc1ccccc1CNC(=O)[C@@H]1CCCN(S(=O)(=O)N2CCCCC2)C1. The van der Waals surface area contributed by atoms with E-state index < -0.39 is 10.2 Å². The molecule has 1 amide bonds. The number of ether oxygens (including phenoxy) is 1. The van der Waals surface area contributed by atoms with Gasteiger partial charge in [0, 0.05) is 38.3 Å². The number of nitrogens with one attached hydrogen (secondary N) is 1. The summed E-state index contributed by atoms with van der Waals surface area (Å²) >= 11 is 0. The van der Waals surface area contributed by atoms with Crippen LogP contribution < -0.4 is 10.1 Å². The van der Waals surface area contributed by atoms with Crippen molar-refractivity contribution >= 4 is 16.1 Å². The molecular weight excluding hydrogens is 366 g/mol. The van der Waals surface area contributed by atoms with Gasteiger partial charge in [-0.1, -0.05) is 24.6 Å². The molecule has 1 aromatic carbocycles. The van der Waals surface area contributed by atoms with Gasteiger partial charge in [0.15, 0.2) is 0 Å². The number of hydrogen-bond donors (Lipinski definition) is 1. The van der Waals surface area contributed by atoms with Crippen LogP contribution in [0.3, 0.4) is 0 Å². The van der Waals surface area contributed by atoms with Gasteiger partial charge in [-0.15, -0.1) is 0 Å². The summed E-state index contributed by atoms with van der Waals surface area (Å²) in [5.74, 6) is 0.322. The molecule has 150 valence electrons. The molecule has 7 nitrogen and oxygen atoms in total. The summed E-state index contributed by atoms with van der Waals surface area (Å²) in [5, 5.41) is 2.94. The van der Waals surface area contributed by atoms with Crippen molar-refractivity contribution < 1.29 is 17.9 Å². The van der Waals surface area contributed by atoms with Gasteiger partial charge in [-0.3, -0.25) is 4.79 Å². The molecule has 2 aliphatic rings. The number of carbonyl (C=O) groups is 1. The normalized spacial score (nSPS) is 22.3. The number of piperidine rings is 2. The molecule has 0 aliphatic carbocycles. The van der Waals surface area contributed by atoms with Gasteiger partial charge in [-0.25, -0.2) is 0 Å². The van der Waals surface area contributed by atoms with Crippen molar-refractivity contribution in [2.24, 2.45) is 5.92 Å². The molecule has 2 aliphatic heterocycles. The number of hydrogen-bond acceptors (Lipinski definition) is 4. The number of methoxy groups -OCH3 is 1. The Morgan fingerprint density at radius 2 is 1.81 bits per heavy atom. The van der Waals surface area contributed by atoms with Crippen molar-refractivity contribution in [1.29, 1.82) is 0 Å². The average molecular weight is 396 g/mol. The number of rotatable bonds is 6. The smallest absolute Gasteiger partial charge is 0.281 e. The van der Waals surface area contributed by atoms with Crippen LogP contribution in [0, 0.1) is 5.92 Å². The summed E-state index contributed by atoms with van der Waals surface area (Å²) < 4.78 is 34.1. The van der Waals surface area contributed by atoms with E-state index in [1.165, 1.54) is 4.31 Å². The summed E-state index contributed by atoms with van der Waals surface area (Å²) in [6.45, 7) is 2.30.